The molecule has 0 saturated carbocycles. The lowest BCUT2D eigenvalue weighted by molar-refractivity contribution is -0.118. The first-order valence-electron chi connectivity index (χ1n) is 11.7. The lowest BCUT2D eigenvalue weighted by atomic mass is 9.80. The summed E-state index contributed by atoms with van der Waals surface area (Å²) < 4.78 is 16.9. The van der Waals surface area contributed by atoms with Gasteiger partial charge in [-0.25, -0.2) is 0 Å². The lowest BCUT2D eigenvalue weighted by Crippen LogP contribution is -2.45. The number of fused-ring (bicyclic) bond motifs is 3. The number of anilines is 1. The third-order valence-corrected chi connectivity index (χ3v) is 6.94. The molecular formula is C26H30N2O5. The number of benzene rings is 2. The number of nitrogens with one attached hydrogen (secondary N) is 1. The Hall–Kier alpha value is -3.22. The van der Waals surface area contributed by atoms with Crippen LogP contribution in [0.15, 0.2) is 36.4 Å². The van der Waals surface area contributed by atoms with E-state index in [9.17, 15) is 9.59 Å². The van der Waals surface area contributed by atoms with Crippen LogP contribution in [0.1, 0.15) is 54.9 Å². The maximum atomic E-state index is 13.2. The Labute approximate surface area is 194 Å². The van der Waals surface area contributed by atoms with Gasteiger partial charge in [0.15, 0.2) is 11.5 Å². The van der Waals surface area contributed by atoms with Crippen LogP contribution in [0.5, 0.6) is 17.2 Å². The highest BCUT2D eigenvalue weighted by molar-refractivity contribution is 5.95. The summed E-state index contributed by atoms with van der Waals surface area (Å²) in [6.45, 7) is 6.26. The molecule has 0 radical (unpaired) electrons. The predicted molar refractivity (Wildman–Crippen MR) is 124 cm³/mol. The predicted octanol–water partition coefficient (Wildman–Crippen LogP) is 4.43. The molecule has 2 aromatic carbocycles. The smallest absolute Gasteiger partial charge is 0.254 e. The van der Waals surface area contributed by atoms with Gasteiger partial charge in [-0.3, -0.25) is 9.59 Å². The zero-order valence-electron chi connectivity index (χ0n) is 19.1. The Morgan fingerprint density at radius 2 is 1.82 bits per heavy atom. The molecule has 1 fully saturated rings. The molecule has 3 heterocycles. The Kier molecular flexibility index (Phi) is 5.87. The molecule has 3 aliphatic rings. The molecule has 1 N–H and O–H groups in total. The molecular weight excluding hydrogens is 420 g/mol. The number of hydrogen-bond acceptors (Lipinski definition) is 5. The van der Waals surface area contributed by atoms with Crippen molar-refractivity contribution in [2.24, 2.45) is 11.8 Å². The van der Waals surface area contributed by atoms with Crippen LogP contribution >= 0.6 is 0 Å². The van der Waals surface area contributed by atoms with Crippen LogP contribution in [0, 0.1) is 11.8 Å². The molecule has 7 heteroatoms. The van der Waals surface area contributed by atoms with Crippen LogP contribution in [0.3, 0.4) is 0 Å². The summed E-state index contributed by atoms with van der Waals surface area (Å²) in [5, 5.41) is 3.07. The highest BCUT2D eigenvalue weighted by atomic mass is 16.7. The van der Waals surface area contributed by atoms with Gasteiger partial charge < -0.3 is 24.4 Å². The molecule has 33 heavy (non-hydrogen) atoms. The van der Waals surface area contributed by atoms with E-state index in [2.05, 4.69) is 25.2 Å². The minimum Gasteiger partial charge on any atom is -0.491 e. The number of carbonyl (C=O) groups is 2. The minimum atomic E-state index is -0.0132. The highest BCUT2D eigenvalue weighted by Gasteiger charge is 2.34. The van der Waals surface area contributed by atoms with Crippen LogP contribution in [-0.2, 0) is 4.79 Å². The van der Waals surface area contributed by atoms with E-state index in [0.29, 0.717) is 54.8 Å². The normalized spacial score (nSPS) is 22.2. The maximum Gasteiger partial charge on any atom is 0.254 e. The maximum absolute atomic E-state index is 13.2. The van der Waals surface area contributed by atoms with Crippen molar-refractivity contribution in [1.29, 1.82) is 0 Å². The third-order valence-electron chi connectivity index (χ3n) is 6.94. The average molecular weight is 451 g/mol. The van der Waals surface area contributed by atoms with Gasteiger partial charge in [-0.05, 0) is 66.5 Å². The molecule has 2 atom stereocenters. The quantitative estimate of drug-likeness (QED) is 0.733. The molecule has 2 aromatic rings. The summed E-state index contributed by atoms with van der Waals surface area (Å²) in [7, 11) is 0. The Morgan fingerprint density at radius 3 is 2.67 bits per heavy atom. The number of piperidine rings is 1. The van der Waals surface area contributed by atoms with E-state index in [1.807, 2.05) is 17.0 Å². The largest absolute Gasteiger partial charge is 0.491 e. The molecule has 0 bridgehead atoms. The lowest BCUT2D eigenvalue weighted by Gasteiger charge is -2.39. The van der Waals surface area contributed by atoms with Crippen molar-refractivity contribution < 1.29 is 23.8 Å². The van der Waals surface area contributed by atoms with Gasteiger partial charge >= 0.3 is 0 Å². The zero-order chi connectivity index (χ0) is 22.9. The number of nitrogens with zero attached hydrogens (tertiary/aromatic N) is 1. The fourth-order valence-corrected chi connectivity index (χ4v) is 4.96. The molecule has 1 saturated heterocycles. The fraction of sp³-hybridized carbons (Fsp3) is 0.462. The summed E-state index contributed by atoms with van der Waals surface area (Å²) in [6, 6.07) is 11.3. The first kappa shape index (κ1) is 21.6. The molecule has 3 aliphatic heterocycles. The zero-order valence-corrected chi connectivity index (χ0v) is 19.1. The van der Waals surface area contributed by atoms with E-state index in [1.54, 1.807) is 18.2 Å². The molecule has 5 rings (SSSR count). The topological polar surface area (TPSA) is 77.1 Å². The first-order chi connectivity index (χ1) is 16.0. The Bertz CT molecular complexity index is 1070. The first-order valence-corrected chi connectivity index (χ1v) is 11.7. The summed E-state index contributed by atoms with van der Waals surface area (Å²) in [6.07, 6.45) is 2.06. The molecule has 0 aliphatic carbocycles. The van der Waals surface area contributed by atoms with E-state index < -0.39 is 0 Å². The van der Waals surface area contributed by atoms with Gasteiger partial charge in [0.05, 0.1) is 12.3 Å². The van der Waals surface area contributed by atoms with Crippen molar-refractivity contribution in [2.45, 2.75) is 39.0 Å². The van der Waals surface area contributed by atoms with E-state index in [0.717, 1.165) is 18.5 Å². The van der Waals surface area contributed by atoms with Gasteiger partial charge in [0.2, 0.25) is 12.7 Å². The van der Waals surface area contributed by atoms with E-state index >= 15 is 0 Å². The fourth-order valence-electron chi connectivity index (χ4n) is 4.96. The number of hydrogen-bond donors (Lipinski definition) is 1. The monoisotopic (exact) mass is 450 g/mol. The van der Waals surface area contributed by atoms with Crippen molar-refractivity contribution in [3.05, 3.63) is 47.5 Å². The number of carbonyl (C=O) groups excluding carboxylic acids is 2. The molecule has 0 unspecified atom stereocenters. The van der Waals surface area contributed by atoms with E-state index in [-0.39, 0.29) is 30.4 Å². The van der Waals surface area contributed by atoms with Gasteiger partial charge in [0, 0.05) is 25.1 Å². The summed E-state index contributed by atoms with van der Waals surface area (Å²) in [5.74, 6) is 2.78. The average Bonchev–Trinajstić information content (AvgIpc) is 3.28. The van der Waals surface area contributed by atoms with Crippen molar-refractivity contribution in [3.63, 3.8) is 0 Å². The van der Waals surface area contributed by atoms with Crippen LogP contribution in [-0.4, -0.2) is 43.2 Å². The number of ether oxygens (including phenoxy) is 3. The van der Waals surface area contributed by atoms with Gasteiger partial charge in [0.1, 0.15) is 5.75 Å². The van der Waals surface area contributed by atoms with Crippen molar-refractivity contribution in [1.82, 2.24) is 4.90 Å². The SMILES string of the molecule is CC(C)c1ccc2c(c1)NC(=O)C[C@@H]1CCN(C(=O)c3ccc4c(c3)OCO4)C[C@@H]1CCO2. The number of rotatable bonds is 2. The second-order valence-electron chi connectivity index (χ2n) is 9.43. The van der Waals surface area contributed by atoms with Crippen LogP contribution in [0.4, 0.5) is 5.69 Å². The molecule has 0 spiro atoms. The third kappa shape index (κ3) is 4.49. The molecule has 0 aromatic heterocycles. The van der Waals surface area contributed by atoms with Crippen LogP contribution in [0.25, 0.3) is 0 Å². The summed E-state index contributed by atoms with van der Waals surface area (Å²) in [4.78, 5) is 28.0. The van der Waals surface area contributed by atoms with Crippen LogP contribution in [0.2, 0.25) is 0 Å². The molecule has 2 amide bonds. The van der Waals surface area contributed by atoms with E-state index in [1.165, 1.54) is 5.56 Å². The number of likely N-dealkylation sites (tertiary alicyclic amines) is 1. The van der Waals surface area contributed by atoms with Gasteiger partial charge in [-0.1, -0.05) is 19.9 Å². The van der Waals surface area contributed by atoms with Crippen molar-refractivity contribution in [2.75, 3.05) is 31.8 Å². The second kappa shape index (κ2) is 8.96. The minimum absolute atomic E-state index is 0.00760. The van der Waals surface area contributed by atoms with Gasteiger partial charge in [0.25, 0.3) is 5.91 Å². The number of amides is 2. The molecule has 7 nitrogen and oxygen atoms in total. The summed E-state index contributed by atoms with van der Waals surface area (Å²) >= 11 is 0. The second-order valence-corrected chi connectivity index (χ2v) is 9.43. The Morgan fingerprint density at radius 1 is 1.00 bits per heavy atom. The van der Waals surface area contributed by atoms with Gasteiger partial charge in [-0.2, -0.15) is 0 Å². The standard InChI is InChI=1S/C26H30N2O5/c1-16(2)17-3-5-22-21(11-17)27-25(29)13-18-7-9-28(14-20(18)8-10-31-22)26(30)19-4-6-23-24(12-19)33-15-32-23/h3-6,11-12,16,18,20H,7-10,13-15H2,1-2H3,(H,27,29)/t18-,20-/m0/s1. The van der Waals surface area contributed by atoms with Crippen molar-refractivity contribution in [3.8, 4) is 17.2 Å². The Balaban J connectivity index is 1.30. The van der Waals surface area contributed by atoms with Crippen molar-refractivity contribution >= 4 is 17.5 Å². The van der Waals surface area contributed by atoms with Crippen LogP contribution < -0.4 is 19.5 Å². The summed E-state index contributed by atoms with van der Waals surface area (Å²) in [5.41, 5.74) is 2.52. The highest BCUT2D eigenvalue weighted by Crippen LogP contribution is 2.36. The van der Waals surface area contributed by atoms with E-state index in [4.69, 9.17) is 14.2 Å². The molecule has 174 valence electrons. The van der Waals surface area contributed by atoms with Gasteiger partial charge in [-0.15, -0.1) is 0 Å².